The van der Waals surface area contributed by atoms with E-state index in [1.807, 2.05) is 0 Å². The molecule has 0 fully saturated rings. The molecule has 9 heteroatoms. The van der Waals surface area contributed by atoms with Gasteiger partial charge in [0, 0.05) is 12.1 Å². The first-order valence-electron chi connectivity index (χ1n) is 7.48. The van der Waals surface area contributed by atoms with E-state index in [9.17, 15) is 19.7 Å². The maximum Gasteiger partial charge on any atom is 0.310 e. The normalized spacial score (nSPS) is 12.1. The van der Waals surface area contributed by atoms with Gasteiger partial charge in [-0.1, -0.05) is 12.1 Å². The Labute approximate surface area is 140 Å². The molecule has 1 N–H and O–H groups in total. The minimum absolute atomic E-state index is 0.0159. The number of carbonyl (C=O) groups is 2. The lowest BCUT2D eigenvalue weighted by Gasteiger charge is -2.22. The van der Waals surface area contributed by atoms with Crippen LogP contribution in [0.15, 0.2) is 24.3 Å². The molecule has 0 bridgehead atoms. The number of hydrogen-bond acceptors (Lipinski definition) is 7. The first kappa shape index (κ1) is 19.6. The minimum Gasteiger partial charge on any atom is -0.485 e. The molecule has 1 atom stereocenters. The van der Waals surface area contributed by atoms with Gasteiger partial charge in [-0.15, -0.1) is 0 Å². The van der Waals surface area contributed by atoms with E-state index in [2.05, 4.69) is 5.23 Å². The first-order valence-corrected chi connectivity index (χ1v) is 7.48. The number of rotatable bonds is 9. The summed E-state index contributed by atoms with van der Waals surface area (Å²) in [5.74, 6) is -0.346. The van der Waals surface area contributed by atoms with Crippen molar-refractivity contribution in [2.24, 2.45) is 0 Å². The maximum absolute atomic E-state index is 11.9. The van der Waals surface area contributed by atoms with Crippen molar-refractivity contribution in [2.45, 2.75) is 38.8 Å². The molecule has 0 aromatic heterocycles. The van der Waals surface area contributed by atoms with Crippen molar-refractivity contribution in [3.63, 3.8) is 0 Å². The van der Waals surface area contributed by atoms with E-state index in [0.29, 0.717) is 6.19 Å². The summed E-state index contributed by atoms with van der Waals surface area (Å²) in [4.78, 5) is 32.9. The predicted octanol–water partition coefficient (Wildman–Crippen LogP) is 1.21. The van der Waals surface area contributed by atoms with Crippen LogP contribution in [-0.4, -0.2) is 42.7 Å². The van der Waals surface area contributed by atoms with Crippen LogP contribution in [0.2, 0.25) is 0 Å². The zero-order valence-electron chi connectivity index (χ0n) is 14.0. The van der Waals surface area contributed by atoms with E-state index in [4.69, 9.17) is 9.47 Å². The van der Waals surface area contributed by atoms with E-state index in [0.717, 1.165) is 0 Å². The van der Waals surface area contributed by atoms with E-state index >= 15 is 0 Å². The summed E-state index contributed by atoms with van der Waals surface area (Å²) in [6.07, 6.45) is 0.638. The van der Waals surface area contributed by atoms with Gasteiger partial charge in [0.2, 0.25) is 0 Å². The second kappa shape index (κ2) is 9.02. The Morgan fingerprint density at radius 2 is 2.08 bits per heavy atom. The van der Waals surface area contributed by atoms with Crippen LogP contribution in [0.4, 0.5) is 5.69 Å². The summed E-state index contributed by atoms with van der Waals surface area (Å²) in [7, 11) is 0.0354. The SMILES string of the molecule is CC(C)(C)OC(=O)C[C@@H](COc1ccccc1[N+](=O)[O-])NBC=O. The number of nitrogens with zero attached hydrogens (tertiary/aromatic N) is 1. The average molecular weight is 336 g/mol. The maximum atomic E-state index is 11.9. The molecule has 0 unspecified atom stereocenters. The lowest BCUT2D eigenvalue weighted by molar-refractivity contribution is -0.385. The number of nitro groups is 1. The number of ether oxygens (including phenoxy) is 2. The number of nitro benzene ring substituents is 1. The van der Waals surface area contributed by atoms with E-state index < -0.39 is 22.5 Å². The molecule has 0 aliphatic carbocycles. The lowest BCUT2D eigenvalue weighted by atomic mass is 9.96. The van der Waals surface area contributed by atoms with Crippen molar-refractivity contribution in [2.75, 3.05) is 6.61 Å². The minimum atomic E-state index is -0.620. The van der Waals surface area contributed by atoms with Crippen molar-refractivity contribution in [3.8, 4) is 5.75 Å². The number of para-hydroxylation sites is 2. The molecule has 0 heterocycles. The number of carbonyl (C=O) groups excluding carboxylic acids is 2. The van der Waals surface area contributed by atoms with Gasteiger partial charge in [-0.05, 0) is 26.8 Å². The summed E-state index contributed by atoms with van der Waals surface area (Å²) in [5, 5.41) is 13.8. The first-order chi connectivity index (χ1) is 11.2. The highest BCUT2D eigenvalue weighted by molar-refractivity contribution is 6.64. The number of hydrogen-bond donors (Lipinski definition) is 1. The van der Waals surface area contributed by atoms with Gasteiger partial charge in [0.25, 0.3) is 7.41 Å². The van der Waals surface area contributed by atoms with E-state index in [1.54, 1.807) is 26.8 Å². The third-order valence-electron chi connectivity index (χ3n) is 2.82. The molecule has 1 aromatic carbocycles. The van der Waals surface area contributed by atoms with Gasteiger partial charge in [0.05, 0.1) is 17.5 Å². The van der Waals surface area contributed by atoms with Crippen LogP contribution >= 0.6 is 0 Å². The van der Waals surface area contributed by atoms with Crippen molar-refractivity contribution in [1.29, 1.82) is 0 Å². The number of nitrogens with one attached hydrogen (secondary N) is 1. The van der Waals surface area contributed by atoms with Crippen molar-refractivity contribution in [3.05, 3.63) is 34.4 Å². The van der Waals surface area contributed by atoms with Gasteiger partial charge >= 0.3 is 11.7 Å². The molecule has 130 valence electrons. The number of benzene rings is 1. The molecular weight excluding hydrogens is 315 g/mol. The smallest absolute Gasteiger partial charge is 0.310 e. The van der Waals surface area contributed by atoms with Crippen LogP contribution in [0.1, 0.15) is 27.2 Å². The second-order valence-electron chi connectivity index (χ2n) is 6.10. The monoisotopic (exact) mass is 336 g/mol. The molecule has 0 saturated carbocycles. The second-order valence-corrected chi connectivity index (χ2v) is 6.10. The van der Waals surface area contributed by atoms with Crippen LogP contribution in [0.3, 0.4) is 0 Å². The topological polar surface area (TPSA) is 108 Å². The zero-order chi connectivity index (χ0) is 18.2. The third-order valence-corrected chi connectivity index (χ3v) is 2.82. The largest absolute Gasteiger partial charge is 0.485 e. The van der Waals surface area contributed by atoms with Gasteiger partial charge < -0.3 is 19.5 Å². The summed E-state index contributed by atoms with van der Waals surface area (Å²) in [6, 6.07) is 5.45. The summed E-state index contributed by atoms with van der Waals surface area (Å²) < 4.78 is 10.7. The fourth-order valence-corrected chi connectivity index (χ4v) is 1.91. The van der Waals surface area contributed by atoms with Crippen molar-refractivity contribution >= 4 is 25.3 Å². The fourth-order valence-electron chi connectivity index (χ4n) is 1.91. The van der Waals surface area contributed by atoms with Gasteiger partial charge in [0.15, 0.2) is 5.75 Å². The van der Waals surface area contributed by atoms with Gasteiger partial charge in [-0.2, -0.15) is 0 Å². The van der Waals surface area contributed by atoms with Crippen LogP contribution in [0.25, 0.3) is 0 Å². The predicted molar refractivity (Wildman–Crippen MR) is 89.9 cm³/mol. The van der Waals surface area contributed by atoms with Crippen LogP contribution in [-0.2, 0) is 14.3 Å². The Morgan fingerprint density at radius 1 is 1.42 bits per heavy atom. The molecule has 0 spiro atoms. The molecule has 0 radical (unpaired) electrons. The third kappa shape index (κ3) is 7.23. The molecule has 1 rings (SSSR count). The van der Waals surface area contributed by atoms with Crippen molar-refractivity contribution < 1.29 is 24.0 Å². The highest BCUT2D eigenvalue weighted by Crippen LogP contribution is 2.26. The highest BCUT2D eigenvalue weighted by atomic mass is 16.6. The molecule has 24 heavy (non-hydrogen) atoms. The van der Waals surface area contributed by atoms with E-state index in [1.165, 1.54) is 18.2 Å². The fraction of sp³-hybridized carbons (Fsp3) is 0.467. The standard InChI is InChI=1S/C15H21BN2O6/c1-15(2,3)24-14(20)8-11(17-16-10-19)9-23-13-7-5-4-6-12(13)18(21)22/h4-7,10-11,16-17H,8-9H2,1-3H3/t11-/m0/s1. The molecule has 0 aliphatic rings. The molecule has 0 amide bonds. The van der Waals surface area contributed by atoms with Gasteiger partial charge in [-0.3, -0.25) is 14.9 Å². The Hall–Kier alpha value is -2.42. The van der Waals surface area contributed by atoms with E-state index in [-0.39, 0.29) is 31.9 Å². The highest BCUT2D eigenvalue weighted by Gasteiger charge is 2.22. The molecule has 1 aromatic rings. The van der Waals surface area contributed by atoms with Crippen LogP contribution in [0, 0.1) is 10.1 Å². The quantitative estimate of drug-likeness (QED) is 0.237. The Kier molecular flexibility index (Phi) is 7.38. The van der Waals surface area contributed by atoms with Crippen molar-refractivity contribution in [1.82, 2.24) is 5.23 Å². The van der Waals surface area contributed by atoms with Crippen LogP contribution in [0.5, 0.6) is 5.75 Å². The molecular formula is C15H21BN2O6. The Balaban J connectivity index is 2.71. The summed E-state index contributed by atoms with van der Waals surface area (Å²) in [6.45, 7) is 5.24. The number of esters is 1. The molecule has 0 saturated heterocycles. The Bertz CT molecular complexity index is 588. The average Bonchev–Trinajstić information content (AvgIpc) is 2.48. The van der Waals surface area contributed by atoms with Gasteiger partial charge in [-0.25, -0.2) is 0 Å². The van der Waals surface area contributed by atoms with Crippen LogP contribution < -0.4 is 9.96 Å². The summed E-state index contributed by atoms with van der Waals surface area (Å²) >= 11 is 0. The lowest BCUT2D eigenvalue weighted by Crippen LogP contribution is -2.41. The summed E-state index contributed by atoms with van der Waals surface area (Å²) in [5.41, 5.74) is -0.783. The van der Waals surface area contributed by atoms with Gasteiger partial charge in [0.1, 0.15) is 12.2 Å². The molecule has 0 aliphatic heterocycles. The Morgan fingerprint density at radius 3 is 2.67 bits per heavy atom. The molecule has 8 nitrogen and oxygen atoms in total. The zero-order valence-corrected chi connectivity index (χ0v) is 14.0.